The van der Waals surface area contributed by atoms with Gasteiger partial charge in [-0.25, -0.2) is 0 Å². The molecule has 3 aromatic rings. The molecule has 0 N–H and O–H groups in total. The summed E-state index contributed by atoms with van der Waals surface area (Å²) in [7, 11) is 6.23. The summed E-state index contributed by atoms with van der Waals surface area (Å²) in [4.78, 5) is 17.1. The molecule has 7 heteroatoms. The second-order valence-electron chi connectivity index (χ2n) is 8.70. The molecular formula is C26H31BIN3O2. The molecule has 2 aromatic carbocycles. The molecule has 4 rings (SSSR count). The second-order valence-corrected chi connectivity index (χ2v) is 9.46. The monoisotopic (exact) mass is 555 g/mol. The highest BCUT2D eigenvalue weighted by Crippen LogP contribution is 2.21. The van der Waals surface area contributed by atoms with Gasteiger partial charge in [-0.3, -0.25) is 9.69 Å². The molecule has 2 radical (unpaired) electrons. The molecule has 0 bridgehead atoms. The van der Waals surface area contributed by atoms with Crippen molar-refractivity contribution in [2.75, 3.05) is 45.9 Å². The molecule has 1 fully saturated rings. The van der Waals surface area contributed by atoms with E-state index < -0.39 is 0 Å². The molecule has 0 spiro atoms. The van der Waals surface area contributed by atoms with Crippen LogP contribution in [0.4, 0.5) is 0 Å². The van der Waals surface area contributed by atoms with Crippen LogP contribution in [0.15, 0.2) is 48.7 Å². The predicted molar refractivity (Wildman–Crippen MR) is 144 cm³/mol. The molecule has 1 saturated heterocycles. The van der Waals surface area contributed by atoms with Crippen molar-refractivity contribution in [3.05, 3.63) is 59.8 Å². The van der Waals surface area contributed by atoms with E-state index in [9.17, 15) is 4.79 Å². The van der Waals surface area contributed by atoms with Crippen molar-refractivity contribution in [1.82, 2.24) is 14.4 Å². The van der Waals surface area contributed by atoms with Gasteiger partial charge in [0.25, 0.3) is 0 Å². The van der Waals surface area contributed by atoms with Crippen molar-refractivity contribution < 1.29 is 9.53 Å². The lowest BCUT2D eigenvalue weighted by atomic mass is 9.93. The van der Waals surface area contributed by atoms with Crippen LogP contribution in [0.3, 0.4) is 0 Å². The average Bonchev–Trinajstić information content (AvgIpc) is 3.21. The van der Waals surface area contributed by atoms with Crippen molar-refractivity contribution in [1.29, 1.82) is 0 Å². The van der Waals surface area contributed by atoms with Gasteiger partial charge >= 0.3 is 0 Å². The maximum Gasteiger partial charge on any atom is 0.161 e. The van der Waals surface area contributed by atoms with E-state index in [0.717, 1.165) is 90.9 Å². The first kappa shape index (κ1) is 24.3. The molecular weight excluding hydrogens is 524 g/mol. The van der Waals surface area contributed by atoms with Crippen LogP contribution in [0.1, 0.15) is 29.3 Å². The van der Waals surface area contributed by atoms with Crippen molar-refractivity contribution in [2.45, 2.75) is 24.3 Å². The van der Waals surface area contributed by atoms with Gasteiger partial charge in [-0.2, -0.15) is 0 Å². The smallest absolute Gasteiger partial charge is 0.161 e. The summed E-state index contributed by atoms with van der Waals surface area (Å²) in [5, 5.41) is 0.958. The molecule has 0 amide bonds. The Kier molecular flexibility index (Phi) is 8.49. The van der Waals surface area contributed by atoms with Gasteiger partial charge in [-0.15, -0.1) is 0 Å². The molecule has 33 heavy (non-hydrogen) atoms. The number of alkyl halides is 1. The van der Waals surface area contributed by atoms with E-state index >= 15 is 0 Å². The van der Waals surface area contributed by atoms with Crippen LogP contribution in [0.2, 0.25) is 0 Å². The Morgan fingerprint density at radius 1 is 1.00 bits per heavy atom. The highest BCUT2D eigenvalue weighted by molar-refractivity contribution is 14.1. The number of fused-ring (bicyclic) bond motifs is 1. The number of ketones is 1. The van der Waals surface area contributed by atoms with Gasteiger partial charge in [-0.05, 0) is 37.6 Å². The fraction of sp³-hybridized carbons (Fsp3) is 0.423. The topological polar surface area (TPSA) is 37.7 Å². The Balaban J connectivity index is 1.20. The number of piperazine rings is 1. The maximum absolute atomic E-state index is 12.0. The molecule has 0 saturated carbocycles. The zero-order chi connectivity index (χ0) is 23.2. The third-order valence-electron chi connectivity index (χ3n) is 6.40. The Bertz CT molecular complexity index is 1080. The largest absolute Gasteiger partial charge is 0.492 e. The Morgan fingerprint density at radius 2 is 1.70 bits per heavy atom. The fourth-order valence-electron chi connectivity index (χ4n) is 4.51. The summed E-state index contributed by atoms with van der Waals surface area (Å²) in [5.41, 5.74) is 3.80. The maximum atomic E-state index is 12.0. The minimum atomic E-state index is 0.0853. The summed E-state index contributed by atoms with van der Waals surface area (Å²) in [6.07, 6.45) is 3.00. The van der Waals surface area contributed by atoms with Crippen molar-refractivity contribution in [3.63, 3.8) is 0 Å². The van der Waals surface area contributed by atoms with E-state index in [2.05, 4.69) is 61.2 Å². The van der Waals surface area contributed by atoms with Gasteiger partial charge in [0.2, 0.25) is 0 Å². The first-order valence-corrected chi connectivity index (χ1v) is 13.2. The van der Waals surface area contributed by atoms with Crippen LogP contribution >= 0.6 is 22.6 Å². The number of benzene rings is 2. The summed E-state index contributed by atoms with van der Waals surface area (Å²) in [5.74, 6) is 1.04. The Hall–Kier alpha value is -1.84. The molecule has 5 nitrogen and oxygen atoms in total. The number of hydrogen-bond donors (Lipinski definition) is 0. The summed E-state index contributed by atoms with van der Waals surface area (Å²) >= 11 is 2.37. The number of Topliss-reactive ketones (excluding diaryl/α,β-unsaturated/α-hetero) is 1. The number of aromatic nitrogens is 1. The molecule has 1 aliphatic heterocycles. The normalized spacial score (nSPS) is 15.2. The van der Waals surface area contributed by atoms with Crippen molar-refractivity contribution in [2.24, 2.45) is 0 Å². The van der Waals surface area contributed by atoms with E-state index in [1.165, 1.54) is 5.56 Å². The molecule has 2 heterocycles. The number of hydrogen-bond acceptors (Lipinski definition) is 4. The molecule has 1 aromatic heterocycles. The highest BCUT2D eigenvalue weighted by Gasteiger charge is 2.17. The minimum Gasteiger partial charge on any atom is -0.492 e. The Morgan fingerprint density at radius 3 is 2.36 bits per heavy atom. The number of ether oxygens (including phenoxy) is 1. The van der Waals surface area contributed by atoms with E-state index in [-0.39, 0.29) is 5.78 Å². The molecule has 0 atom stereocenters. The van der Waals surface area contributed by atoms with Crippen LogP contribution in [0.5, 0.6) is 5.75 Å². The van der Waals surface area contributed by atoms with E-state index in [1.54, 1.807) is 6.92 Å². The lowest BCUT2D eigenvalue weighted by Gasteiger charge is -2.34. The third-order valence-corrected chi connectivity index (χ3v) is 7.28. The van der Waals surface area contributed by atoms with Crippen LogP contribution in [0.25, 0.3) is 10.9 Å². The quantitative estimate of drug-likeness (QED) is 0.166. The lowest BCUT2D eigenvalue weighted by molar-refractivity contribution is 0.101. The van der Waals surface area contributed by atoms with Gasteiger partial charge in [0, 0.05) is 66.4 Å². The number of nitrogens with zero attached hydrogens (tertiary/aromatic N) is 3. The predicted octanol–water partition coefficient (Wildman–Crippen LogP) is 3.66. The van der Waals surface area contributed by atoms with Crippen LogP contribution in [0, 0.1) is 0 Å². The zero-order valence-electron chi connectivity index (χ0n) is 19.3. The SMILES string of the molecule is [B]c1cccc2c(C(C)=O)cn(CCCN3CCN(CCOc4ccc(CI)cc4)CC3)c12. The van der Waals surface area contributed by atoms with Crippen LogP contribution in [-0.4, -0.2) is 73.9 Å². The van der Waals surface area contributed by atoms with Gasteiger partial charge in [0.15, 0.2) is 5.78 Å². The Labute approximate surface area is 211 Å². The third kappa shape index (κ3) is 6.19. The second kappa shape index (κ2) is 11.5. The molecule has 172 valence electrons. The van der Waals surface area contributed by atoms with E-state index in [4.69, 9.17) is 12.6 Å². The van der Waals surface area contributed by atoms with Crippen molar-refractivity contribution in [3.8, 4) is 5.75 Å². The first-order valence-electron chi connectivity index (χ1n) is 11.7. The number of carbonyl (C=O) groups is 1. The molecule has 0 unspecified atom stereocenters. The van der Waals surface area contributed by atoms with Crippen molar-refractivity contribution >= 4 is 52.6 Å². The van der Waals surface area contributed by atoms with Gasteiger partial charge in [0.05, 0.1) is 0 Å². The van der Waals surface area contributed by atoms with E-state index in [1.807, 2.05) is 24.4 Å². The number of rotatable bonds is 10. The van der Waals surface area contributed by atoms with Crippen LogP contribution < -0.4 is 10.2 Å². The number of para-hydroxylation sites is 1. The number of halogens is 1. The van der Waals surface area contributed by atoms with Crippen LogP contribution in [-0.2, 0) is 11.0 Å². The standard InChI is InChI=1S/C26H31BIN3O2/c1-20(32)24-19-31(26-23(24)4-2-5-25(26)27)11-3-10-29-12-14-30(15-13-29)16-17-33-22-8-6-21(18-28)7-9-22/h2,4-9,19H,3,10-18H2,1H3. The average molecular weight is 555 g/mol. The van der Waals surface area contributed by atoms with E-state index in [0.29, 0.717) is 0 Å². The summed E-state index contributed by atoms with van der Waals surface area (Å²) in [6.45, 7) is 9.53. The van der Waals surface area contributed by atoms with Gasteiger partial charge in [0.1, 0.15) is 20.2 Å². The zero-order valence-corrected chi connectivity index (χ0v) is 21.5. The minimum absolute atomic E-state index is 0.0853. The fourth-order valence-corrected chi connectivity index (χ4v) is 5.02. The summed E-state index contributed by atoms with van der Waals surface area (Å²) < 4.78 is 9.10. The highest BCUT2D eigenvalue weighted by atomic mass is 127. The number of aryl methyl sites for hydroxylation is 1. The van der Waals surface area contributed by atoms with Gasteiger partial charge < -0.3 is 14.2 Å². The molecule has 0 aliphatic carbocycles. The summed E-state index contributed by atoms with van der Waals surface area (Å²) in [6, 6.07) is 14.2. The number of carbonyl (C=O) groups excluding carboxylic acids is 1. The van der Waals surface area contributed by atoms with Gasteiger partial charge in [-0.1, -0.05) is 58.4 Å². The first-order chi connectivity index (χ1) is 16.0. The molecule has 1 aliphatic rings. The lowest BCUT2D eigenvalue weighted by Crippen LogP contribution is -2.47.